The van der Waals surface area contributed by atoms with Crippen molar-refractivity contribution >= 4 is 15.9 Å². The van der Waals surface area contributed by atoms with Gasteiger partial charge in [0.1, 0.15) is 0 Å². The van der Waals surface area contributed by atoms with Gasteiger partial charge in [-0.1, -0.05) is 41.9 Å². The van der Waals surface area contributed by atoms with Gasteiger partial charge >= 0.3 is 0 Å². The third-order valence-electron chi connectivity index (χ3n) is 3.86. The van der Waals surface area contributed by atoms with Crippen molar-refractivity contribution in [2.45, 2.75) is 51.6 Å². The topological polar surface area (TPSA) is 43.8 Å². The molecule has 2 aromatic rings. The van der Waals surface area contributed by atoms with E-state index in [9.17, 15) is 0 Å². The van der Waals surface area contributed by atoms with E-state index in [4.69, 9.17) is 5.73 Å². The summed E-state index contributed by atoms with van der Waals surface area (Å²) < 4.78 is 3.19. The maximum absolute atomic E-state index is 6.27. The number of benzene rings is 1. The highest BCUT2D eigenvalue weighted by Crippen LogP contribution is 2.16. The SMILES string of the molecule is CCC(CC)n1ccc(CC(N)Cc2ccc(Br)cc2)n1. The number of hydrogen-bond donors (Lipinski definition) is 1. The van der Waals surface area contributed by atoms with Crippen LogP contribution >= 0.6 is 15.9 Å². The third kappa shape index (κ3) is 4.68. The van der Waals surface area contributed by atoms with Crippen LogP contribution in [0.1, 0.15) is 44.0 Å². The first-order valence-electron chi connectivity index (χ1n) is 7.66. The van der Waals surface area contributed by atoms with Crippen molar-refractivity contribution in [3.8, 4) is 0 Å². The molecule has 114 valence electrons. The van der Waals surface area contributed by atoms with Crippen LogP contribution in [0.5, 0.6) is 0 Å². The summed E-state index contributed by atoms with van der Waals surface area (Å²) in [5, 5.41) is 4.68. The molecule has 0 spiro atoms. The lowest BCUT2D eigenvalue weighted by atomic mass is 10.0. The van der Waals surface area contributed by atoms with Gasteiger partial charge in [-0.2, -0.15) is 5.10 Å². The molecule has 0 saturated heterocycles. The largest absolute Gasteiger partial charge is 0.327 e. The Balaban J connectivity index is 1.93. The molecule has 0 aliphatic carbocycles. The summed E-state index contributed by atoms with van der Waals surface area (Å²) in [7, 11) is 0. The molecule has 1 unspecified atom stereocenters. The van der Waals surface area contributed by atoms with Gasteiger partial charge in [-0.3, -0.25) is 4.68 Å². The summed E-state index contributed by atoms with van der Waals surface area (Å²) in [6.07, 6.45) is 6.01. The molecular weight excluding hydrogens is 326 g/mol. The van der Waals surface area contributed by atoms with E-state index in [1.54, 1.807) is 0 Å². The van der Waals surface area contributed by atoms with Gasteiger partial charge in [0, 0.05) is 23.1 Å². The molecule has 1 aromatic heterocycles. The number of aromatic nitrogens is 2. The fourth-order valence-electron chi connectivity index (χ4n) is 2.62. The van der Waals surface area contributed by atoms with Crippen LogP contribution in [0.3, 0.4) is 0 Å². The predicted molar refractivity (Wildman–Crippen MR) is 91.4 cm³/mol. The number of hydrogen-bond acceptors (Lipinski definition) is 2. The molecule has 1 heterocycles. The quantitative estimate of drug-likeness (QED) is 0.816. The minimum Gasteiger partial charge on any atom is -0.327 e. The van der Waals surface area contributed by atoms with E-state index in [2.05, 4.69) is 76.1 Å². The van der Waals surface area contributed by atoms with E-state index in [0.717, 1.165) is 35.8 Å². The number of nitrogens with zero attached hydrogens (tertiary/aromatic N) is 2. The van der Waals surface area contributed by atoms with Gasteiger partial charge in [0.05, 0.1) is 11.7 Å². The number of halogens is 1. The molecule has 3 nitrogen and oxygen atoms in total. The van der Waals surface area contributed by atoms with Crippen molar-refractivity contribution in [2.75, 3.05) is 0 Å². The first kappa shape index (κ1) is 16.2. The smallest absolute Gasteiger partial charge is 0.0640 e. The molecule has 1 atom stereocenters. The van der Waals surface area contributed by atoms with Gasteiger partial charge in [0.15, 0.2) is 0 Å². The van der Waals surface area contributed by atoms with Gasteiger partial charge in [-0.05, 0) is 43.0 Å². The highest BCUT2D eigenvalue weighted by Gasteiger charge is 2.11. The lowest BCUT2D eigenvalue weighted by molar-refractivity contribution is 0.424. The van der Waals surface area contributed by atoms with Gasteiger partial charge in [0.2, 0.25) is 0 Å². The molecule has 2 rings (SSSR count). The van der Waals surface area contributed by atoms with E-state index in [1.165, 1.54) is 5.56 Å². The minimum absolute atomic E-state index is 0.108. The summed E-state index contributed by atoms with van der Waals surface area (Å²) in [5.41, 5.74) is 8.62. The third-order valence-corrected chi connectivity index (χ3v) is 4.39. The normalized spacial score (nSPS) is 12.8. The van der Waals surface area contributed by atoms with Gasteiger partial charge in [0.25, 0.3) is 0 Å². The van der Waals surface area contributed by atoms with Crippen LogP contribution in [0.25, 0.3) is 0 Å². The van der Waals surface area contributed by atoms with E-state index in [0.29, 0.717) is 6.04 Å². The van der Waals surface area contributed by atoms with E-state index in [-0.39, 0.29) is 6.04 Å². The molecule has 2 N–H and O–H groups in total. The molecule has 0 saturated carbocycles. The second-order valence-electron chi connectivity index (χ2n) is 5.55. The molecule has 4 heteroatoms. The zero-order chi connectivity index (χ0) is 15.2. The molecular formula is C17H24BrN3. The van der Waals surface area contributed by atoms with E-state index < -0.39 is 0 Å². The summed E-state index contributed by atoms with van der Waals surface area (Å²) >= 11 is 3.45. The second-order valence-corrected chi connectivity index (χ2v) is 6.47. The fourth-order valence-corrected chi connectivity index (χ4v) is 2.88. The van der Waals surface area contributed by atoms with Crippen LogP contribution in [-0.4, -0.2) is 15.8 Å². The summed E-state index contributed by atoms with van der Waals surface area (Å²) in [4.78, 5) is 0. The first-order valence-corrected chi connectivity index (χ1v) is 8.45. The van der Waals surface area contributed by atoms with Crippen molar-refractivity contribution in [1.29, 1.82) is 0 Å². The van der Waals surface area contributed by atoms with Crippen LogP contribution in [0.15, 0.2) is 41.0 Å². The van der Waals surface area contributed by atoms with Gasteiger partial charge < -0.3 is 5.73 Å². The second kappa shape index (κ2) is 7.76. The average Bonchev–Trinajstić information content (AvgIpc) is 2.91. The van der Waals surface area contributed by atoms with Crippen molar-refractivity contribution in [2.24, 2.45) is 5.73 Å². The van der Waals surface area contributed by atoms with E-state index in [1.807, 2.05) is 0 Å². The van der Waals surface area contributed by atoms with Crippen molar-refractivity contribution in [3.63, 3.8) is 0 Å². The molecule has 0 bridgehead atoms. The molecule has 1 aromatic carbocycles. The summed E-state index contributed by atoms with van der Waals surface area (Å²) in [5.74, 6) is 0. The van der Waals surface area contributed by atoms with Gasteiger partial charge in [-0.25, -0.2) is 0 Å². The van der Waals surface area contributed by atoms with Crippen molar-refractivity contribution in [3.05, 3.63) is 52.3 Å². The molecule has 0 aliphatic rings. The van der Waals surface area contributed by atoms with Crippen LogP contribution in [0.2, 0.25) is 0 Å². The maximum atomic E-state index is 6.27. The van der Waals surface area contributed by atoms with Crippen LogP contribution in [-0.2, 0) is 12.8 Å². The van der Waals surface area contributed by atoms with Crippen LogP contribution < -0.4 is 5.73 Å². The Bertz CT molecular complexity index is 543. The van der Waals surface area contributed by atoms with Crippen molar-refractivity contribution in [1.82, 2.24) is 9.78 Å². The zero-order valence-electron chi connectivity index (χ0n) is 12.8. The lowest BCUT2D eigenvalue weighted by Gasteiger charge is -2.13. The number of rotatable bonds is 7. The standard InChI is InChI=1S/C17H24BrN3/c1-3-17(4-2)21-10-9-16(20-21)12-15(19)11-13-5-7-14(18)8-6-13/h5-10,15,17H,3-4,11-12,19H2,1-2H3. The Morgan fingerprint density at radius 1 is 1.10 bits per heavy atom. The molecule has 0 aliphatic heterocycles. The number of nitrogens with two attached hydrogens (primary N) is 1. The Morgan fingerprint density at radius 2 is 1.76 bits per heavy atom. The highest BCUT2D eigenvalue weighted by molar-refractivity contribution is 9.10. The Hall–Kier alpha value is -1.13. The van der Waals surface area contributed by atoms with Crippen molar-refractivity contribution < 1.29 is 0 Å². The average molecular weight is 350 g/mol. The Kier molecular flexibility index (Phi) is 6.00. The highest BCUT2D eigenvalue weighted by atomic mass is 79.9. The summed E-state index contributed by atoms with van der Waals surface area (Å²) in [6, 6.07) is 11.1. The molecule has 0 radical (unpaired) electrons. The maximum Gasteiger partial charge on any atom is 0.0640 e. The minimum atomic E-state index is 0.108. The zero-order valence-corrected chi connectivity index (χ0v) is 14.4. The predicted octanol–water partition coefficient (Wildman–Crippen LogP) is 4.12. The monoisotopic (exact) mass is 349 g/mol. The molecule has 21 heavy (non-hydrogen) atoms. The van der Waals surface area contributed by atoms with E-state index >= 15 is 0 Å². The Labute approximate surface area is 135 Å². The fraction of sp³-hybridized carbons (Fsp3) is 0.471. The molecule has 0 amide bonds. The Morgan fingerprint density at radius 3 is 2.38 bits per heavy atom. The lowest BCUT2D eigenvalue weighted by Crippen LogP contribution is -2.25. The molecule has 0 fully saturated rings. The van der Waals surface area contributed by atoms with Crippen LogP contribution in [0, 0.1) is 0 Å². The summed E-state index contributed by atoms with van der Waals surface area (Å²) in [6.45, 7) is 4.41. The first-order chi connectivity index (χ1) is 10.1. The van der Waals surface area contributed by atoms with Gasteiger partial charge in [-0.15, -0.1) is 0 Å². The van der Waals surface area contributed by atoms with Crippen LogP contribution in [0.4, 0.5) is 0 Å².